The van der Waals surface area contributed by atoms with Gasteiger partial charge in [-0.15, -0.1) is 11.3 Å². The Balaban J connectivity index is 1.93. The van der Waals surface area contributed by atoms with Gasteiger partial charge in [0.15, 0.2) is 5.13 Å². The zero-order valence-electron chi connectivity index (χ0n) is 8.62. The lowest BCUT2D eigenvalue weighted by molar-refractivity contribution is 0.0636. The van der Waals surface area contributed by atoms with Crippen LogP contribution in [0.1, 0.15) is 18.5 Å². The SMILES string of the molecule is Cc1csc(N2CCC(C(F)F)CC2)n1. The molecule has 5 heteroatoms. The highest BCUT2D eigenvalue weighted by atomic mass is 32.1. The number of hydrogen-bond donors (Lipinski definition) is 0. The predicted octanol–water partition coefficient (Wildman–Crippen LogP) is 2.93. The van der Waals surface area contributed by atoms with E-state index >= 15 is 0 Å². The minimum atomic E-state index is -2.16. The van der Waals surface area contributed by atoms with E-state index in [0.717, 1.165) is 10.8 Å². The van der Waals surface area contributed by atoms with E-state index in [1.54, 1.807) is 11.3 Å². The summed E-state index contributed by atoms with van der Waals surface area (Å²) in [6.07, 6.45) is -1.00. The first-order valence-corrected chi connectivity index (χ1v) is 6.00. The molecule has 0 saturated carbocycles. The molecular weight excluding hydrogens is 218 g/mol. The number of thiazole rings is 1. The number of rotatable bonds is 2. The molecule has 0 N–H and O–H groups in total. The molecule has 15 heavy (non-hydrogen) atoms. The third-order valence-electron chi connectivity index (χ3n) is 2.77. The van der Waals surface area contributed by atoms with Gasteiger partial charge in [0.05, 0.1) is 5.69 Å². The molecule has 2 heterocycles. The van der Waals surface area contributed by atoms with Crippen molar-refractivity contribution in [3.63, 3.8) is 0 Å². The van der Waals surface area contributed by atoms with Crippen LogP contribution in [0.3, 0.4) is 0 Å². The van der Waals surface area contributed by atoms with Gasteiger partial charge in [0.2, 0.25) is 6.43 Å². The van der Waals surface area contributed by atoms with Crippen molar-refractivity contribution in [3.8, 4) is 0 Å². The first kappa shape index (κ1) is 10.8. The predicted molar refractivity (Wildman–Crippen MR) is 57.8 cm³/mol. The lowest BCUT2D eigenvalue weighted by atomic mass is 9.98. The van der Waals surface area contributed by atoms with Gasteiger partial charge in [-0.2, -0.15) is 0 Å². The zero-order chi connectivity index (χ0) is 10.8. The van der Waals surface area contributed by atoms with Crippen LogP contribution in [0.25, 0.3) is 0 Å². The van der Waals surface area contributed by atoms with Crippen LogP contribution in [0.15, 0.2) is 5.38 Å². The number of aryl methyl sites for hydroxylation is 1. The summed E-state index contributed by atoms with van der Waals surface area (Å²) in [4.78, 5) is 6.47. The number of anilines is 1. The molecule has 1 fully saturated rings. The highest BCUT2D eigenvalue weighted by Crippen LogP contribution is 2.28. The Morgan fingerprint density at radius 2 is 2.13 bits per heavy atom. The minimum Gasteiger partial charge on any atom is -0.348 e. The Hall–Kier alpha value is -0.710. The molecule has 0 aromatic carbocycles. The van der Waals surface area contributed by atoms with Crippen molar-refractivity contribution in [1.29, 1.82) is 0 Å². The van der Waals surface area contributed by atoms with Crippen molar-refractivity contribution in [1.82, 2.24) is 4.98 Å². The average Bonchev–Trinajstić information content (AvgIpc) is 2.65. The third kappa shape index (κ3) is 2.45. The summed E-state index contributed by atoms with van der Waals surface area (Å²) in [6, 6.07) is 0. The van der Waals surface area contributed by atoms with Crippen LogP contribution in [-0.2, 0) is 0 Å². The maximum atomic E-state index is 12.4. The molecule has 0 amide bonds. The summed E-state index contributed by atoms with van der Waals surface area (Å²) >= 11 is 1.59. The van der Waals surface area contributed by atoms with Crippen molar-refractivity contribution >= 4 is 16.5 Å². The highest BCUT2D eigenvalue weighted by Gasteiger charge is 2.26. The van der Waals surface area contributed by atoms with E-state index in [2.05, 4.69) is 9.88 Å². The Morgan fingerprint density at radius 3 is 2.60 bits per heavy atom. The number of aromatic nitrogens is 1. The van der Waals surface area contributed by atoms with Gasteiger partial charge in [-0.3, -0.25) is 0 Å². The van der Waals surface area contributed by atoms with Gasteiger partial charge >= 0.3 is 0 Å². The van der Waals surface area contributed by atoms with Crippen molar-refractivity contribution in [3.05, 3.63) is 11.1 Å². The van der Waals surface area contributed by atoms with Crippen molar-refractivity contribution in [2.24, 2.45) is 5.92 Å². The summed E-state index contributed by atoms with van der Waals surface area (Å²) in [6.45, 7) is 3.37. The van der Waals surface area contributed by atoms with E-state index < -0.39 is 12.3 Å². The second-order valence-electron chi connectivity index (χ2n) is 3.93. The number of nitrogens with zero attached hydrogens (tertiary/aromatic N) is 2. The van der Waals surface area contributed by atoms with Gasteiger partial charge in [-0.25, -0.2) is 13.8 Å². The van der Waals surface area contributed by atoms with Gasteiger partial charge in [0.25, 0.3) is 0 Å². The molecule has 1 aromatic rings. The zero-order valence-corrected chi connectivity index (χ0v) is 9.44. The summed E-state index contributed by atoms with van der Waals surface area (Å²) < 4.78 is 24.8. The van der Waals surface area contributed by atoms with Gasteiger partial charge < -0.3 is 4.90 Å². The Bertz CT molecular complexity index is 319. The second-order valence-corrected chi connectivity index (χ2v) is 4.77. The third-order valence-corrected chi connectivity index (χ3v) is 3.79. The normalized spacial score (nSPS) is 18.8. The Kier molecular flexibility index (Phi) is 3.19. The van der Waals surface area contributed by atoms with E-state index in [0.29, 0.717) is 25.9 Å². The van der Waals surface area contributed by atoms with Crippen molar-refractivity contribution in [2.45, 2.75) is 26.2 Å². The van der Waals surface area contributed by atoms with Crippen LogP contribution < -0.4 is 4.90 Å². The van der Waals surface area contributed by atoms with Gasteiger partial charge in [0.1, 0.15) is 0 Å². The molecule has 1 aliphatic rings. The molecule has 1 aromatic heterocycles. The molecule has 1 aliphatic heterocycles. The highest BCUT2D eigenvalue weighted by molar-refractivity contribution is 7.13. The molecule has 2 rings (SSSR count). The van der Waals surface area contributed by atoms with Gasteiger partial charge in [0, 0.05) is 24.4 Å². The quantitative estimate of drug-likeness (QED) is 0.779. The minimum absolute atomic E-state index is 0.415. The van der Waals surface area contributed by atoms with E-state index in [1.807, 2.05) is 12.3 Å². The monoisotopic (exact) mass is 232 g/mol. The van der Waals surface area contributed by atoms with E-state index in [9.17, 15) is 8.78 Å². The Labute approximate surface area is 91.9 Å². The molecule has 0 aliphatic carbocycles. The van der Waals surface area contributed by atoms with E-state index in [-0.39, 0.29) is 0 Å². The topological polar surface area (TPSA) is 16.1 Å². The van der Waals surface area contributed by atoms with Gasteiger partial charge in [-0.1, -0.05) is 0 Å². The average molecular weight is 232 g/mol. The molecule has 2 nitrogen and oxygen atoms in total. The van der Waals surface area contributed by atoms with Crippen LogP contribution in [0, 0.1) is 12.8 Å². The first-order chi connectivity index (χ1) is 7.16. The van der Waals surface area contributed by atoms with Crippen molar-refractivity contribution in [2.75, 3.05) is 18.0 Å². The van der Waals surface area contributed by atoms with Crippen LogP contribution in [0.5, 0.6) is 0 Å². The van der Waals surface area contributed by atoms with Crippen LogP contribution in [0.2, 0.25) is 0 Å². The fraction of sp³-hybridized carbons (Fsp3) is 0.700. The molecule has 0 radical (unpaired) electrons. The largest absolute Gasteiger partial charge is 0.348 e. The summed E-state index contributed by atoms with van der Waals surface area (Å²) in [5.41, 5.74) is 1.01. The molecule has 1 saturated heterocycles. The summed E-state index contributed by atoms with van der Waals surface area (Å²) in [7, 11) is 0. The molecule has 84 valence electrons. The molecule has 0 atom stereocenters. The molecule has 0 spiro atoms. The van der Waals surface area contributed by atoms with Gasteiger partial charge in [-0.05, 0) is 19.8 Å². The number of alkyl halides is 2. The fourth-order valence-electron chi connectivity index (χ4n) is 1.83. The smallest absolute Gasteiger partial charge is 0.241 e. The fourth-order valence-corrected chi connectivity index (χ4v) is 2.69. The molecular formula is C10H14F2N2S. The number of piperidine rings is 1. The van der Waals surface area contributed by atoms with Crippen LogP contribution in [-0.4, -0.2) is 24.5 Å². The lowest BCUT2D eigenvalue weighted by Gasteiger charge is -2.31. The van der Waals surface area contributed by atoms with Crippen LogP contribution in [0.4, 0.5) is 13.9 Å². The molecule has 0 bridgehead atoms. The lowest BCUT2D eigenvalue weighted by Crippen LogP contribution is -2.35. The standard InChI is InChI=1S/C10H14F2N2S/c1-7-6-15-10(13-7)14-4-2-8(3-5-14)9(11)12/h6,8-9H,2-5H2,1H3. The van der Waals surface area contributed by atoms with Crippen LogP contribution >= 0.6 is 11.3 Å². The summed E-state index contributed by atoms with van der Waals surface area (Å²) in [5, 5.41) is 2.97. The second kappa shape index (κ2) is 4.43. The summed E-state index contributed by atoms with van der Waals surface area (Å²) in [5.74, 6) is -0.415. The first-order valence-electron chi connectivity index (χ1n) is 5.12. The number of halogens is 2. The van der Waals surface area contributed by atoms with E-state index in [4.69, 9.17) is 0 Å². The molecule has 0 unspecified atom stereocenters. The maximum Gasteiger partial charge on any atom is 0.241 e. The van der Waals surface area contributed by atoms with E-state index in [1.165, 1.54) is 0 Å². The maximum absolute atomic E-state index is 12.4. The number of hydrogen-bond acceptors (Lipinski definition) is 3. The van der Waals surface area contributed by atoms with Crippen molar-refractivity contribution < 1.29 is 8.78 Å². The Morgan fingerprint density at radius 1 is 1.47 bits per heavy atom.